The molecule has 3 aromatic rings. The fourth-order valence-electron chi connectivity index (χ4n) is 3.58. The number of hydrogen-bond acceptors (Lipinski definition) is 4. The molecule has 0 saturated carbocycles. The SMILES string of the molecule is O=C(CCSC(c1ccccc1)(c1ccccc1)c1ccccc1)NCCOCCO. The van der Waals surface area contributed by atoms with Crippen LogP contribution in [0.15, 0.2) is 91.0 Å². The summed E-state index contributed by atoms with van der Waals surface area (Å²) in [6.07, 6.45) is 0.416. The fraction of sp³-hybridized carbons (Fsp3) is 0.269. The highest BCUT2D eigenvalue weighted by atomic mass is 32.2. The minimum atomic E-state index is -0.408. The number of rotatable bonds is 12. The smallest absolute Gasteiger partial charge is 0.220 e. The van der Waals surface area contributed by atoms with Gasteiger partial charge in [0.15, 0.2) is 0 Å². The Bertz CT molecular complexity index is 807. The van der Waals surface area contributed by atoms with Crippen molar-refractivity contribution in [3.63, 3.8) is 0 Å². The number of benzene rings is 3. The summed E-state index contributed by atoms with van der Waals surface area (Å²) in [7, 11) is 0. The van der Waals surface area contributed by atoms with Crippen molar-refractivity contribution in [1.29, 1.82) is 0 Å². The fourth-order valence-corrected chi connectivity index (χ4v) is 5.08. The number of carbonyl (C=O) groups is 1. The molecule has 0 unspecified atom stereocenters. The highest BCUT2D eigenvalue weighted by Gasteiger charge is 2.36. The van der Waals surface area contributed by atoms with Crippen LogP contribution in [-0.4, -0.2) is 43.1 Å². The van der Waals surface area contributed by atoms with Gasteiger partial charge in [-0.05, 0) is 16.7 Å². The molecule has 4 nitrogen and oxygen atoms in total. The van der Waals surface area contributed by atoms with Gasteiger partial charge in [0.1, 0.15) is 0 Å². The van der Waals surface area contributed by atoms with Gasteiger partial charge in [-0.15, -0.1) is 11.8 Å². The molecule has 162 valence electrons. The number of aliphatic hydroxyl groups excluding tert-OH is 1. The maximum absolute atomic E-state index is 12.3. The standard InChI is InChI=1S/C26H29NO3S/c28-18-20-30-19-17-27-25(29)16-21-31-26(22-10-4-1-5-11-22,23-12-6-2-7-13-23)24-14-8-3-9-15-24/h1-15,28H,16-21H2,(H,27,29). The molecule has 0 aliphatic heterocycles. The molecule has 0 radical (unpaired) electrons. The summed E-state index contributed by atoms with van der Waals surface area (Å²) in [5.41, 5.74) is 3.57. The number of thioether (sulfide) groups is 1. The summed E-state index contributed by atoms with van der Waals surface area (Å²) < 4.78 is 4.79. The number of amides is 1. The van der Waals surface area contributed by atoms with E-state index in [1.807, 2.05) is 18.2 Å². The maximum atomic E-state index is 12.3. The number of aliphatic hydroxyl groups is 1. The zero-order valence-electron chi connectivity index (χ0n) is 17.6. The lowest BCUT2D eigenvalue weighted by molar-refractivity contribution is -0.120. The van der Waals surface area contributed by atoms with Crippen LogP contribution < -0.4 is 5.32 Å². The van der Waals surface area contributed by atoms with Crippen molar-refractivity contribution in [3.05, 3.63) is 108 Å². The van der Waals surface area contributed by atoms with E-state index >= 15 is 0 Å². The second-order valence-corrected chi connectivity index (χ2v) is 8.37. The molecule has 0 heterocycles. The van der Waals surface area contributed by atoms with Gasteiger partial charge in [0, 0.05) is 18.7 Å². The Morgan fingerprint density at radius 2 is 1.29 bits per heavy atom. The second kappa shape index (κ2) is 12.3. The molecule has 3 aromatic carbocycles. The molecule has 0 spiro atoms. The highest BCUT2D eigenvalue weighted by Crippen LogP contribution is 2.48. The first-order valence-electron chi connectivity index (χ1n) is 10.5. The van der Waals surface area contributed by atoms with Crippen LogP contribution in [0.5, 0.6) is 0 Å². The van der Waals surface area contributed by atoms with Gasteiger partial charge in [-0.2, -0.15) is 0 Å². The molecule has 0 aromatic heterocycles. The molecule has 0 fully saturated rings. The Morgan fingerprint density at radius 1 is 0.806 bits per heavy atom. The van der Waals surface area contributed by atoms with Crippen LogP contribution in [0.25, 0.3) is 0 Å². The third-order valence-corrected chi connectivity index (χ3v) is 6.54. The van der Waals surface area contributed by atoms with Crippen molar-refractivity contribution in [2.75, 3.05) is 32.1 Å². The zero-order chi connectivity index (χ0) is 21.8. The van der Waals surface area contributed by atoms with Crippen molar-refractivity contribution in [2.24, 2.45) is 0 Å². The predicted octanol–water partition coefficient (Wildman–Crippen LogP) is 4.23. The van der Waals surface area contributed by atoms with Gasteiger partial charge >= 0.3 is 0 Å². The first-order valence-corrected chi connectivity index (χ1v) is 11.5. The molecule has 2 N–H and O–H groups in total. The quantitative estimate of drug-likeness (QED) is 0.330. The van der Waals surface area contributed by atoms with Gasteiger partial charge in [0.25, 0.3) is 0 Å². The lowest BCUT2D eigenvalue weighted by Crippen LogP contribution is -2.29. The number of hydrogen-bond donors (Lipinski definition) is 2. The average Bonchev–Trinajstić information content (AvgIpc) is 2.83. The summed E-state index contributed by atoms with van der Waals surface area (Å²) in [5, 5.41) is 11.6. The Hall–Kier alpha value is -2.60. The second-order valence-electron chi connectivity index (χ2n) is 7.06. The Balaban J connectivity index is 1.81. The van der Waals surface area contributed by atoms with Gasteiger partial charge in [0.2, 0.25) is 5.91 Å². The molecule has 1 amide bonds. The Kier molecular flexibility index (Phi) is 9.16. The van der Waals surface area contributed by atoms with Crippen LogP contribution in [0.3, 0.4) is 0 Å². The van der Waals surface area contributed by atoms with E-state index in [9.17, 15) is 4.79 Å². The minimum absolute atomic E-state index is 0.00295. The molecule has 0 bridgehead atoms. The first kappa shape index (κ1) is 23.1. The van der Waals surface area contributed by atoms with Crippen LogP contribution in [0.4, 0.5) is 0 Å². The third-order valence-electron chi connectivity index (χ3n) is 4.99. The van der Waals surface area contributed by atoms with E-state index in [2.05, 4.69) is 78.1 Å². The van der Waals surface area contributed by atoms with E-state index in [-0.39, 0.29) is 12.5 Å². The summed E-state index contributed by atoms with van der Waals surface area (Å²) in [6.45, 7) is 1.14. The lowest BCUT2D eigenvalue weighted by atomic mass is 9.84. The highest BCUT2D eigenvalue weighted by molar-refractivity contribution is 8.00. The normalized spacial score (nSPS) is 11.3. The van der Waals surface area contributed by atoms with Crippen LogP contribution >= 0.6 is 11.8 Å². The summed E-state index contributed by atoms with van der Waals surface area (Å²) in [6, 6.07) is 31.4. The van der Waals surface area contributed by atoms with E-state index in [4.69, 9.17) is 9.84 Å². The minimum Gasteiger partial charge on any atom is -0.394 e. The van der Waals surface area contributed by atoms with Crippen molar-refractivity contribution in [3.8, 4) is 0 Å². The number of nitrogens with one attached hydrogen (secondary N) is 1. The Labute approximate surface area is 188 Å². The van der Waals surface area contributed by atoms with Gasteiger partial charge < -0.3 is 15.2 Å². The molecule has 3 rings (SSSR count). The molecule has 0 aliphatic rings. The van der Waals surface area contributed by atoms with Gasteiger partial charge in [-0.25, -0.2) is 0 Å². The summed E-state index contributed by atoms with van der Waals surface area (Å²) in [5.74, 6) is 0.672. The number of ether oxygens (including phenoxy) is 1. The van der Waals surface area contributed by atoms with Crippen molar-refractivity contribution >= 4 is 17.7 Å². The average molecular weight is 436 g/mol. The maximum Gasteiger partial charge on any atom is 0.220 e. The largest absolute Gasteiger partial charge is 0.394 e. The molecular formula is C26H29NO3S. The van der Waals surface area contributed by atoms with Crippen molar-refractivity contribution in [2.45, 2.75) is 11.2 Å². The van der Waals surface area contributed by atoms with E-state index in [0.29, 0.717) is 31.9 Å². The molecular weight excluding hydrogens is 406 g/mol. The van der Waals surface area contributed by atoms with Gasteiger partial charge in [-0.1, -0.05) is 91.0 Å². The van der Waals surface area contributed by atoms with Crippen LogP contribution in [-0.2, 0) is 14.3 Å². The van der Waals surface area contributed by atoms with E-state index in [0.717, 1.165) is 0 Å². The topological polar surface area (TPSA) is 58.6 Å². The van der Waals surface area contributed by atoms with E-state index in [1.54, 1.807) is 11.8 Å². The van der Waals surface area contributed by atoms with Gasteiger partial charge in [-0.3, -0.25) is 4.79 Å². The molecule has 5 heteroatoms. The number of carbonyl (C=O) groups excluding carboxylic acids is 1. The van der Waals surface area contributed by atoms with Crippen molar-refractivity contribution in [1.82, 2.24) is 5.32 Å². The van der Waals surface area contributed by atoms with E-state index in [1.165, 1.54) is 16.7 Å². The van der Waals surface area contributed by atoms with Crippen molar-refractivity contribution < 1.29 is 14.6 Å². The lowest BCUT2D eigenvalue weighted by Gasteiger charge is -2.35. The van der Waals surface area contributed by atoms with E-state index < -0.39 is 4.75 Å². The molecule has 0 atom stereocenters. The van der Waals surface area contributed by atoms with Crippen LogP contribution in [0.1, 0.15) is 23.1 Å². The van der Waals surface area contributed by atoms with Crippen LogP contribution in [0, 0.1) is 0 Å². The first-order chi connectivity index (χ1) is 15.3. The third kappa shape index (κ3) is 6.20. The summed E-state index contributed by atoms with van der Waals surface area (Å²) >= 11 is 1.78. The molecule has 0 saturated heterocycles. The predicted molar refractivity (Wildman–Crippen MR) is 127 cm³/mol. The zero-order valence-corrected chi connectivity index (χ0v) is 18.4. The van der Waals surface area contributed by atoms with Gasteiger partial charge in [0.05, 0.1) is 24.6 Å². The van der Waals surface area contributed by atoms with Crippen LogP contribution in [0.2, 0.25) is 0 Å². The summed E-state index contributed by atoms with van der Waals surface area (Å²) in [4.78, 5) is 12.3. The Morgan fingerprint density at radius 3 is 1.74 bits per heavy atom. The monoisotopic (exact) mass is 435 g/mol. The molecule has 0 aliphatic carbocycles. The molecule has 31 heavy (non-hydrogen) atoms.